The van der Waals surface area contributed by atoms with Gasteiger partial charge in [-0.25, -0.2) is 4.39 Å². The van der Waals surface area contributed by atoms with Gasteiger partial charge in [0.05, 0.1) is 4.47 Å². The van der Waals surface area contributed by atoms with E-state index in [0.29, 0.717) is 4.47 Å². The molecule has 1 unspecified atom stereocenters. The van der Waals surface area contributed by atoms with Gasteiger partial charge in [0.25, 0.3) is 0 Å². The first kappa shape index (κ1) is 14.6. The minimum absolute atomic E-state index is 0.201. The average Bonchev–Trinajstić information content (AvgIpc) is 2.92. The van der Waals surface area contributed by atoms with Crippen molar-refractivity contribution in [3.8, 4) is 0 Å². The van der Waals surface area contributed by atoms with E-state index in [1.54, 1.807) is 6.07 Å². The number of hydrogen-bond donors (Lipinski definition) is 1. The van der Waals surface area contributed by atoms with E-state index in [1.165, 1.54) is 36.0 Å². The molecule has 0 saturated carbocycles. The molecule has 0 radical (unpaired) electrons. The molecule has 1 atom stereocenters. The van der Waals surface area contributed by atoms with Crippen LogP contribution in [0.1, 0.15) is 41.6 Å². The smallest absolute Gasteiger partial charge is 0.137 e. The van der Waals surface area contributed by atoms with E-state index in [9.17, 15) is 4.39 Å². The third kappa shape index (κ3) is 2.98. The van der Waals surface area contributed by atoms with Crippen LogP contribution in [0, 0.1) is 12.7 Å². The summed E-state index contributed by atoms with van der Waals surface area (Å²) in [6.07, 6.45) is 3.67. The molecule has 0 amide bonds. The van der Waals surface area contributed by atoms with E-state index >= 15 is 0 Å². The summed E-state index contributed by atoms with van der Waals surface area (Å²) in [7, 11) is 0. The van der Waals surface area contributed by atoms with Crippen molar-refractivity contribution in [3.63, 3.8) is 0 Å². The highest BCUT2D eigenvalue weighted by Gasteiger charge is 2.14. The first-order valence-electron chi connectivity index (χ1n) is 7.38. The van der Waals surface area contributed by atoms with Gasteiger partial charge in [0.1, 0.15) is 5.82 Å². The molecule has 0 spiro atoms. The summed E-state index contributed by atoms with van der Waals surface area (Å²) in [5.41, 5.74) is 6.15. The molecule has 0 bridgehead atoms. The van der Waals surface area contributed by atoms with Crippen LogP contribution in [-0.4, -0.2) is 0 Å². The van der Waals surface area contributed by atoms with Crippen LogP contribution in [0.25, 0.3) is 0 Å². The minimum Gasteiger partial charge on any atom is -0.378 e. The first-order valence-corrected chi connectivity index (χ1v) is 8.18. The second-order valence-electron chi connectivity index (χ2n) is 5.83. The highest BCUT2D eigenvalue weighted by atomic mass is 79.9. The Hall–Kier alpha value is -1.35. The number of benzene rings is 2. The van der Waals surface area contributed by atoms with Gasteiger partial charge in [-0.15, -0.1) is 0 Å². The molecule has 21 heavy (non-hydrogen) atoms. The third-order valence-electron chi connectivity index (χ3n) is 4.26. The Labute approximate surface area is 133 Å². The molecule has 1 N–H and O–H groups in total. The van der Waals surface area contributed by atoms with Crippen LogP contribution in [0.5, 0.6) is 0 Å². The predicted octanol–water partition coefficient (Wildman–Crippen LogP) is 5.56. The van der Waals surface area contributed by atoms with Crippen LogP contribution in [0.15, 0.2) is 34.8 Å². The van der Waals surface area contributed by atoms with Crippen molar-refractivity contribution in [2.75, 3.05) is 5.32 Å². The summed E-state index contributed by atoms with van der Waals surface area (Å²) in [5, 5.41) is 3.49. The molecule has 1 aliphatic carbocycles. The molecule has 0 heterocycles. The van der Waals surface area contributed by atoms with Crippen molar-refractivity contribution in [1.29, 1.82) is 0 Å². The zero-order chi connectivity index (χ0) is 15.0. The number of hydrogen-bond acceptors (Lipinski definition) is 1. The molecule has 0 aromatic heterocycles. The van der Waals surface area contributed by atoms with Gasteiger partial charge in [-0.2, -0.15) is 0 Å². The third-order valence-corrected chi connectivity index (χ3v) is 4.87. The van der Waals surface area contributed by atoms with Gasteiger partial charge < -0.3 is 5.32 Å². The summed E-state index contributed by atoms with van der Waals surface area (Å²) in [5.74, 6) is -0.219. The van der Waals surface area contributed by atoms with E-state index in [2.05, 4.69) is 46.4 Å². The fourth-order valence-corrected chi connectivity index (χ4v) is 3.32. The lowest BCUT2D eigenvalue weighted by molar-refractivity contribution is 0.620. The van der Waals surface area contributed by atoms with E-state index in [1.807, 2.05) is 13.0 Å². The molecule has 3 heteroatoms. The molecule has 2 aromatic rings. The number of nitrogens with one attached hydrogen (secondary N) is 1. The monoisotopic (exact) mass is 347 g/mol. The highest BCUT2D eigenvalue weighted by molar-refractivity contribution is 9.10. The van der Waals surface area contributed by atoms with Crippen LogP contribution in [0.3, 0.4) is 0 Å². The van der Waals surface area contributed by atoms with E-state index < -0.39 is 0 Å². The molecular formula is C18H19BrFN. The summed E-state index contributed by atoms with van der Waals surface area (Å²) < 4.78 is 14.0. The predicted molar refractivity (Wildman–Crippen MR) is 89.3 cm³/mol. The fraction of sp³-hybridized carbons (Fsp3) is 0.333. The van der Waals surface area contributed by atoms with Gasteiger partial charge in [0.2, 0.25) is 0 Å². The lowest BCUT2D eigenvalue weighted by atomic mass is 10.0. The highest BCUT2D eigenvalue weighted by Crippen LogP contribution is 2.30. The lowest BCUT2D eigenvalue weighted by Crippen LogP contribution is -2.08. The number of rotatable bonds is 3. The maximum atomic E-state index is 13.5. The normalized spacial score (nSPS) is 14.9. The zero-order valence-electron chi connectivity index (χ0n) is 12.3. The number of anilines is 1. The molecule has 0 aliphatic heterocycles. The summed E-state index contributed by atoms with van der Waals surface area (Å²) >= 11 is 3.25. The number of fused-ring (bicyclic) bond motifs is 1. The van der Waals surface area contributed by atoms with Gasteiger partial charge in [-0.05, 0) is 83.4 Å². The lowest BCUT2D eigenvalue weighted by Gasteiger charge is -2.19. The number of halogens is 2. The Kier molecular flexibility index (Phi) is 4.03. The van der Waals surface area contributed by atoms with Crippen molar-refractivity contribution in [3.05, 3.63) is 62.9 Å². The maximum Gasteiger partial charge on any atom is 0.137 e. The van der Waals surface area contributed by atoms with E-state index in [0.717, 1.165) is 11.3 Å². The summed E-state index contributed by atoms with van der Waals surface area (Å²) in [4.78, 5) is 0. The minimum atomic E-state index is -0.219. The maximum absolute atomic E-state index is 13.5. The molecule has 2 aromatic carbocycles. The van der Waals surface area contributed by atoms with Crippen LogP contribution in [-0.2, 0) is 12.8 Å². The zero-order valence-corrected chi connectivity index (χ0v) is 13.9. The molecule has 3 rings (SSSR count). The second-order valence-corrected chi connectivity index (χ2v) is 6.68. The van der Waals surface area contributed by atoms with E-state index in [-0.39, 0.29) is 11.9 Å². The van der Waals surface area contributed by atoms with Gasteiger partial charge in [0.15, 0.2) is 0 Å². The molecule has 1 nitrogen and oxygen atoms in total. The first-order chi connectivity index (χ1) is 10.0. The van der Waals surface area contributed by atoms with E-state index in [4.69, 9.17) is 0 Å². The van der Waals surface area contributed by atoms with Crippen molar-refractivity contribution in [2.45, 2.75) is 39.2 Å². The SMILES string of the molecule is Cc1cc(F)c(Br)cc1NC(C)c1ccc2c(c1)CCC2. The fourth-order valence-electron chi connectivity index (χ4n) is 2.98. The van der Waals surface area contributed by atoms with Gasteiger partial charge in [-0.1, -0.05) is 18.2 Å². The van der Waals surface area contributed by atoms with Crippen molar-refractivity contribution in [2.24, 2.45) is 0 Å². The van der Waals surface area contributed by atoms with Crippen molar-refractivity contribution >= 4 is 21.6 Å². The van der Waals surface area contributed by atoms with Gasteiger partial charge >= 0.3 is 0 Å². The topological polar surface area (TPSA) is 12.0 Å². The Morgan fingerprint density at radius 1 is 1.14 bits per heavy atom. The van der Waals surface area contributed by atoms with Crippen molar-refractivity contribution in [1.82, 2.24) is 0 Å². The van der Waals surface area contributed by atoms with Crippen LogP contribution >= 0.6 is 15.9 Å². The quantitative estimate of drug-likeness (QED) is 0.766. The molecule has 110 valence electrons. The second kappa shape index (κ2) is 5.80. The molecule has 1 aliphatic rings. The van der Waals surface area contributed by atoms with Gasteiger partial charge in [0, 0.05) is 11.7 Å². The molecule has 0 saturated heterocycles. The Morgan fingerprint density at radius 3 is 2.71 bits per heavy atom. The largest absolute Gasteiger partial charge is 0.378 e. The van der Waals surface area contributed by atoms with Crippen molar-refractivity contribution < 1.29 is 4.39 Å². The molecule has 0 fully saturated rings. The Balaban J connectivity index is 1.83. The molecular weight excluding hydrogens is 329 g/mol. The van der Waals surface area contributed by atoms with Gasteiger partial charge in [-0.3, -0.25) is 0 Å². The summed E-state index contributed by atoms with van der Waals surface area (Å²) in [6.45, 7) is 4.07. The van der Waals surface area contributed by atoms with Crippen LogP contribution in [0.4, 0.5) is 10.1 Å². The summed E-state index contributed by atoms with van der Waals surface area (Å²) in [6, 6.07) is 10.3. The average molecular weight is 348 g/mol. The van der Waals surface area contributed by atoms with Crippen LogP contribution < -0.4 is 5.32 Å². The standard InChI is InChI=1S/C18H19BrFN/c1-11-8-17(20)16(19)10-18(11)21-12(2)14-7-6-13-4-3-5-15(13)9-14/h6-10,12,21H,3-5H2,1-2H3. The Bertz CT molecular complexity index is 681. The Morgan fingerprint density at radius 2 is 1.90 bits per heavy atom. The van der Waals surface area contributed by atoms with Crippen LogP contribution in [0.2, 0.25) is 0 Å². The number of aryl methyl sites for hydroxylation is 3.